The van der Waals surface area contributed by atoms with E-state index in [9.17, 15) is 9.59 Å². The van der Waals surface area contributed by atoms with Crippen LogP contribution >= 0.6 is 0 Å². The number of para-hydroxylation sites is 1. The number of fused-ring (bicyclic) bond motifs is 3. The molecule has 0 saturated carbocycles. The van der Waals surface area contributed by atoms with E-state index in [4.69, 9.17) is 9.47 Å². The molecule has 0 aliphatic rings. The zero-order valence-electron chi connectivity index (χ0n) is 18.3. The first-order chi connectivity index (χ1) is 15.5. The molecule has 0 bridgehead atoms. The van der Waals surface area contributed by atoms with Crippen molar-refractivity contribution >= 4 is 22.6 Å². The van der Waals surface area contributed by atoms with Crippen LogP contribution in [0.2, 0.25) is 0 Å². The van der Waals surface area contributed by atoms with E-state index in [1.54, 1.807) is 27.3 Å². The molecule has 0 radical (unpaired) electrons. The second-order valence-corrected chi connectivity index (χ2v) is 7.42. The van der Waals surface area contributed by atoms with Crippen LogP contribution < -0.4 is 20.3 Å². The standard InChI is InChI=1S/C23H25N5O4/c1-27-22(30)16-6-4-5-7-17(16)28-20(25-26-23(27)28)10-11-21(29)24-13-12-15-8-9-18(31-2)19(14-15)32-3/h4-9,14H,10-13H2,1-3H3,(H,24,29). The summed E-state index contributed by atoms with van der Waals surface area (Å²) in [4.78, 5) is 24.9. The van der Waals surface area contributed by atoms with Crippen LogP contribution in [0.25, 0.3) is 16.7 Å². The number of methoxy groups -OCH3 is 2. The fourth-order valence-electron chi connectivity index (χ4n) is 3.75. The highest BCUT2D eigenvalue weighted by molar-refractivity contribution is 5.80. The van der Waals surface area contributed by atoms with Crippen molar-refractivity contribution < 1.29 is 14.3 Å². The van der Waals surface area contributed by atoms with Gasteiger partial charge in [-0.3, -0.25) is 18.6 Å². The quantitative estimate of drug-likeness (QED) is 0.454. The predicted octanol–water partition coefficient (Wildman–Crippen LogP) is 1.89. The van der Waals surface area contributed by atoms with Gasteiger partial charge in [0.05, 0.1) is 25.1 Å². The van der Waals surface area contributed by atoms with Crippen molar-refractivity contribution in [1.29, 1.82) is 0 Å². The van der Waals surface area contributed by atoms with Gasteiger partial charge in [0.2, 0.25) is 11.7 Å². The summed E-state index contributed by atoms with van der Waals surface area (Å²) in [5.41, 5.74) is 1.65. The number of nitrogens with zero attached hydrogens (tertiary/aromatic N) is 4. The number of hydrogen-bond acceptors (Lipinski definition) is 6. The third kappa shape index (κ3) is 4.01. The number of carbonyl (C=O) groups is 1. The van der Waals surface area contributed by atoms with Crippen LogP contribution in [0.15, 0.2) is 47.3 Å². The van der Waals surface area contributed by atoms with Gasteiger partial charge in [0.25, 0.3) is 5.56 Å². The first kappa shape index (κ1) is 21.4. The van der Waals surface area contributed by atoms with Gasteiger partial charge in [-0.1, -0.05) is 18.2 Å². The van der Waals surface area contributed by atoms with Gasteiger partial charge in [-0.25, -0.2) is 0 Å². The zero-order chi connectivity index (χ0) is 22.7. The monoisotopic (exact) mass is 435 g/mol. The van der Waals surface area contributed by atoms with Crippen molar-refractivity contribution in [3.05, 3.63) is 64.2 Å². The first-order valence-corrected chi connectivity index (χ1v) is 10.3. The summed E-state index contributed by atoms with van der Waals surface area (Å²) >= 11 is 0. The SMILES string of the molecule is COc1ccc(CCNC(=O)CCc2nnc3n(C)c(=O)c4ccccc4n23)cc1OC. The maximum absolute atomic E-state index is 12.5. The Morgan fingerprint density at radius 3 is 2.59 bits per heavy atom. The maximum Gasteiger partial charge on any atom is 0.262 e. The third-order valence-corrected chi connectivity index (χ3v) is 5.45. The number of carbonyl (C=O) groups excluding carboxylic acids is 1. The highest BCUT2D eigenvalue weighted by Crippen LogP contribution is 2.27. The molecule has 1 N–H and O–H groups in total. The first-order valence-electron chi connectivity index (χ1n) is 10.3. The highest BCUT2D eigenvalue weighted by Gasteiger charge is 2.15. The highest BCUT2D eigenvalue weighted by atomic mass is 16.5. The average Bonchev–Trinajstić information content (AvgIpc) is 3.25. The van der Waals surface area contributed by atoms with Crippen molar-refractivity contribution in [1.82, 2.24) is 24.5 Å². The Balaban J connectivity index is 1.41. The fourth-order valence-corrected chi connectivity index (χ4v) is 3.75. The van der Waals surface area contributed by atoms with Gasteiger partial charge in [-0.05, 0) is 36.2 Å². The van der Waals surface area contributed by atoms with E-state index in [2.05, 4.69) is 15.5 Å². The lowest BCUT2D eigenvalue weighted by atomic mass is 10.1. The number of nitrogens with one attached hydrogen (secondary N) is 1. The molecule has 2 aromatic heterocycles. The number of amides is 1. The Morgan fingerprint density at radius 1 is 1.03 bits per heavy atom. The molecular formula is C23H25N5O4. The molecule has 1 amide bonds. The normalized spacial score (nSPS) is 11.1. The number of hydrogen-bond donors (Lipinski definition) is 1. The summed E-state index contributed by atoms with van der Waals surface area (Å²) in [5, 5.41) is 11.9. The molecule has 9 nitrogen and oxygen atoms in total. The van der Waals surface area contributed by atoms with Gasteiger partial charge < -0.3 is 14.8 Å². The van der Waals surface area contributed by atoms with E-state index in [1.807, 2.05) is 40.8 Å². The Bertz CT molecular complexity index is 1340. The molecule has 0 fully saturated rings. The van der Waals surface area contributed by atoms with Crippen molar-refractivity contribution in [3.8, 4) is 11.5 Å². The van der Waals surface area contributed by atoms with Crippen LogP contribution in [-0.4, -0.2) is 45.8 Å². The van der Waals surface area contributed by atoms with E-state index in [0.29, 0.717) is 47.9 Å². The summed E-state index contributed by atoms with van der Waals surface area (Å²) < 4.78 is 13.9. The topological polar surface area (TPSA) is 99.7 Å². The van der Waals surface area contributed by atoms with Gasteiger partial charge in [0.15, 0.2) is 11.5 Å². The summed E-state index contributed by atoms with van der Waals surface area (Å²) in [6.07, 6.45) is 1.35. The minimum atomic E-state index is -0.125. The molecule has 0 aliphatic heterocycles. The second-order valence-electron chi connectivity index (χ2n) is 7.42. The summed E-state index contributed by atoms with van der Waals surface area (Å²) in [5.74, 6) is 2.36. The Morgan fingerprint density at radius 2 is 1.81 bits per heavy atom. The van der Waals surface area contributed by atoms with Crippen LogP contribution in [0.5, 0.6) is 11.5 Å². The molecule has 4 aromatic rings. The van der Waals surface area contributed by atoms with Gasteiger partial charge >= 0.3 is 0 Å². The zero-order valence-corrected chi connectivity index (χ0v) is 18.3. The molecule has 4 rings (SSSR count). The molecule has 0 aliphatic carbocycles. The van der Waals surface area contributed by atoms with Crippen LogP contribution in [-0.2, 0) is 24.7 Å². The van der Waals surface area contributed by atoms with Crippen LogP contribution in [0, 0.1) is 0 Å². The predicted molar refractivity (Wildman–Crippen MR) is 120 cm³/mol. The summed E-state index contributed by atoms with van der Waals surface area (Å²) in [6, 6.07) is 13.0. The van der Waals surface area contributed by atoms with Crippen LogP contribution in [0.3, 0.4) is 0 Å². The second kappa shape index (κ2) is 9.09. The molecule has 0 atom stereocenters. The minimum absolute atomic E-state index is 0.0728. The molecular weight excluding hydrogens is 410 g/mol. The summed E-state index contributed by atoms with van der Waals surface area (Å²) in [6.45, 7) is 0.506. The molecule has 2 heterocycles. The van der Waals surface area contributed by atoms with E-state index >= 15 is 0 Å². The Hall–Kier alpha value is -3.88. The van der Waals surface area contributed by atoms with E-state index in [0.717, 1.165) is 11.1 Å². The lowest BCUT2D eigenvalue weighted by molar-refractivity contribution is -0.121. The Kier molecular flexibility index (Phi) is 6.07. The number of aromatic nitrogens is 4. The van der Waals surface area contributed by atoms with Gasteiger partial charge in [0.1, 0.15) is 5.82 Å². The average molecular weight is 435 g/mol. The van der Waals surface area contributed by atoms with Gasteiger partial charge in [0, 0.05) is 26.4 Å². The number of benzene rings is 2. The minimum Gasteiger partial charge on any atom is -0.493 e. The molecule has 0 unspecified atom stereocenters. The Labute approximate surface area is 184 Å². The van der Waals surface area contributed by atoms with Crippen molar-refractivity contribution in [2.24, 2.45) is 7.05 Å². The molecule has 166 valence electrons. The van der Waals surface area contributed by atoms with E-state index in [-0.39, 0.29) is 17.9 Å². The number of ether oxygens (including phenoxy) is 2. The van der Waals surface area contributed by atoms with E-state index in [1.165, 1.54) is 4.57 Å². The molecule has 0 saturated heterocycles. The largest absolute Gasteiger partial charge is 0.493 e. The molecule has 32 heavy (non-hydrogen) atoms. The maximum atomic E-state index is 12.5. The smallest absolute Gasteiger partial charge is 0.262 e. The lowest BCUT2D eigenvalue weighted by Gasteiger charge is -2.10. The van der Waals surface area contributed by atoms with E-state index < -0.39 is 0 Å². The van der Waals surface area contributed by atoms with Crippen molar-refractivity contribution in [2.75, 3.05) is 20.8 Å². The number of aryl methyl sites for hydroxylation is 2. The van der Waals surface area contributed by atoms with Gasteiger partial charge in [-0.15, -0.1) is 10.2 Å². The number of rotatable bonds is 8. The fraction of sp³-hybridized carbons (Fsp3) is 0.304. The van der Waals surface area contributed by atoms with Crippen molar-refractivity contribution in [3.63, 3.8) is 0 Å². The van der Waals surface area contributed by atoms with Crippen LogP contribution in [0.4, 0.5) is 0 Å². The molecule has 9 heteroatoms. The lowest BCUT2D eigenvalue weighted by Crippen LogP contribution is -2.26. The molecule has 0 spiro atoms. The summed E-state index contributed by atoms with van der Waals surface area (Å²) in [7, 11) is 4.86. The molecule has 2 aromatic carbocycles. The van der Waals surface area contributed by atoms with Crippen molar-refractivity contribution in [2.45, 2.75) is 19.3 Å². The van der Waals surface area contributed by atoms with Crippen LogP contribution in [0.1, 0.15) is 17.8 Å². The van der Waals surface area contributed by atoms with Gasteiger partial charge in [-0.2, -0.15) is 0 Å². The third-order valence-electron chi connectivity index (χ3n) is 5.45.